The van der Waals surface area contributed by atoms with E-state index in [0.29, 0.717) is 22.9 Å². The number of ether oxygens (including phenoxy) is 1. The lowest BCUT2D eigenvalue weighted by Gasteiger charge is -2.06. The van der Waals surface area contributed by atoms with Crippen molar-refractivity contribution in [2.45, 2.75) is 6.92 Å². The van der Waals surface area contributed by atoms with E-state index in [0.717, 1.165) is 0 Å². The predicted molar refractivity (Wildman–Crippen MR) is 71.3 cm³/mol. The van der Waals surface area contributed by atoms with Crippen molar-refractivity contribution in [1.82, 2.24) is 4.98 Å². The Balaban J connectivity index is 2.25. The summed E-state index contributed by atoms with van der Waals surface area (Å²) in [6.07, 6.45) is 0. The maximum atomic E-state index is 13.3. The lowest BCUT2D eigenvalue weighted by Crippen LogP contribution is -2.11. The van der Waals surface area contributed by atoms with E-state index in [-0.39, 0.29) is 10.8 Å². The quantitative estimate of drug-likeness (QED) is 0.864. The van der Waals surface area contributed by atoms with Crippen LogP contribution in [0.15, 0.2) is 36.4 Å². The molecule has 0 bridgehead atoms. The van der Waals surface area contributed by atoms with Gasteiger partial charge in [-0.05, 0) is 24.6 Å². The van der Waals surface area contributed by atoms with Crippen LogP contribution in [0.4, 0.5) is 4.39 Å². The molecular weight excluding hydrogens is 251 g/mol. The summed E-state index contributed by atoms with van der Waals surface area (Å²) in [7, 11) is 0. The van der Waals surface area contributed by atoms with Gasteiger partial charge in [0, 0.05) is 12.1 Å². The fraction of sp³-hybridized carbons (Fsp3) is 0.0769. The van der Waals surface area contributed by atoms with Crippen LogP contribution in [-0.4, -0.2) is 9.97 Å². The van der Waals surface area contributed by atoms with Crippen molar-refractivity contribution in [1.29, 1.82) is 0 Å². The minimum absolute atomic E-state index is 0.190. The second-order valence-electron chi connectivity index (χ2n) is 3.74. The van der Waals surface area contributed by atoms with Gasteiger partial charge in [0.1, 0.15) is 22.2 Å². The van der Waals surface area contributed by atoms with E-state index >= 15 is 0 Å². The molecule has 0 unspecified atom stereocenters. The number of nitrogens with zero attached hydrogens (tertiary/aromatic N) is 1. The SMILES string of the molecule is Cc1ccc(Oc2cccc(C(N)=S)n2)cc1F. The molecule has 92 valence electrons. The molecule has 0 aliphatic carbocycles. The van der Waals surface area contributed by atoms with Crippen molar-refractivity contribution in [3.8, 4) is 11.6 Å². The van der Waals surface area contributed by atoms with Gasteiger partial charge < -0.3 is 10.5 Å². The number of benzene rings is 1. The van der Waals surface area contributed by atoms with Crippen LogP contribution >= 0.6 is 12.2 Å². The molecule has 0 saturated heterocycles. The van der Waals surface area contributed by atoms with Crippen LogP contribution in [0.1, 0.15) is 11.3 Å². The Morgan fingerprint density at radius 1 is 1.33 bits per heavy atom. The molecule has 5 heteroatoms. The number of aromatic nitrogens is 1. The van der Waals surface area contributed by atoms with Crippen molar-refractivity contribution >= 4 is 17.2 Å². The first-order chi connectivity index (χ1) is 8.56. The van der Waals surface area contributed by atoms with Crippen LogP contribution in [0, 0.1) is 12.7 Å². The number of nitrogens with two attached hydrogens (primary N) is 1. The number of thiocarbonyl (C=S) groups is 1. The molecule has 3 nitrogen and oxygen atoms in total. The van der Waals surface area contributed by atoms with Crippen LogP contribution in [-0.2, 0) is 0 Å². The van der Waals surface area contributed by atoms with Crippen molar-refractivity contribution < 1.29 is 9.13 Å². The molecule has 0 aliphatic rings. The Morgan fingerprint density at radius 3 is 2.78 bits per heavy atom. The molecule has 0 radical (unpaired) electrons. The first kappa shape index (κ1) is 12.4. The van der Waals surface area contributed by atoms with Crippen molar-refractivity contribution in [2.75, 3.05) is 0 Å². The largest absolute Gasteiger partial charge is 0.439 e. The smallest absolute Gasteiger partial charge is 0.219 e. The Labute approximate surface area is 109 Å². The van der Waals surface area contributed by atoms with E-state index in [1.54, 1.807) is 37.3 Å². The van der Waals surface area contributed by atoms with Gasteiger partial charge in [-0.15, -0.1) is 0 Å². The molecule has 0 amide bonds. The molecule has 0 fully saturated rings. The second-order valence-corrected chi connectivity index (χ2v) is 4.18. The summed E-state index contributed by atoms with van der Waals surface area (Å²) in [5.41, 5.74) is 6.50. The van der Waals surface area contributed by atoms with Gasteiger partial charge in [0.25, 0.3) is 0 Å². The highest BCUT2D eigenvalue weighted by Crippen LogP contribution is 2.21. The molecule has 1 heterocycles. The molecular formula is C13H11FN2OS. The van der Waals surface area contributed by atoms with E-state index < -0.39 is 0 Å². The van der Waals surface area contributed by atoms with Gasteiger partial charge in [0.15, 0.2) is 0 Å². The van der Waals surface area contributed by atoms with Gasteiger partial charge in [-0.1, -0.05) is 24.4 Å². The molecule has 0 aliphatic heterocycles. The predicted octanol–water partition coefficient (Wildman–Crippen LogP) is 2.96. The van der Waals surface area contributed by atoms with E-state index in [4.69, 9.17) is 22.7 Å². The first-order valence-electron chi connectivity index (χ1n) is 5.27. The highest BCUT2D eigenvalue weighted by atomic mass is 32.1. The normalized spacial score (nSPS) is 10.1. The number of hydrogen-bond acceptors (Lipinski definition) is 3. The van der Waals surface area contributed by atoms with Gasteiger partial charge in [0.2, 0.25) is 5.88 Å². The summed E-state index contributed by atoms with van der Waals surface area (Å²) >= 11 is 4.82. The lowest BCUT2D eigenvalue weighted by molar-refractivity contribution is 0.457. The highest BCUT2D eigenvalue weighted by molar-refractivity contribution is 7.80. The lowest BCUT2D eigenvalue weighted by atomic mass is 10.2. The molecule has 1 aromatic heterocycles. The minimum Gasteiger partial charge on any atom is -0.439 e. The molecule has 18 heavy (non-hydrogen) atoms. The van der Waals surface area contributed by atoms with E-state index in [9.17, 15) is 4.39 Å². The van der Waals surface area contributed by atoms with E-state index in [2.05, 4.69) is 4.98 Å². The van der Waals surface area contributed by atoms with Gasteiger partial charge in [-0.25, -0.2) is 9.37 Å². The third kappa shape index (κ3) is 2.81. The Morgan fingerprint density at radius 2 is 2.11 bits per heavy atom. The zero-order valence-corrected chi connectivity index (χ0v) is 10.5. The molecule has 2 aromatic rings. The molecule has 2 rings (SSSR count). The Hall–Kier alpha value is -2.01. The van der Waals surface area contributed by atoms with Crippen molar-refractivity contribution in [3.63, 3.8) is 0 Å². The standard InChI is InChI=1S/C13H11FN2OS/c1-8-5-6-9(7-10(8)14)17-12-4-2-3-11(16-12)13(15)18/h2-7H,1H3,(H2,15,18). The summed E-state index contributed by atoms with van der Waals surface area (Å²) in [5.74, 6) is 0.382. The van der Waals surface area contributed by atoms with Crippen LogP contribution in [0.5, 0.6) is 11.6 Å². The van der Waals surface area contributed by atoms with Crippen LogP contribution < -0.4 is 10.5 Å². The average Bonchev–Trinajstić information content (AvgIpc) is 2.34. The van der Waals surface area contributed by atoms with Gasteiger partial charge in [-0.3, -0.25) is 0 Å². The molecule has 0 saturated carbocycles. The first-order valence-corrected chi connectivity index (χ1v) is 5.68. The van der Waals surface area contributed by atoms with Gasteiger partial charge >= 0.3 is 0 Å². The number of pyridine rings is 1. The second kappa shape index (κ2) is 5.10. The van der Waals surface area contributed by atoms with Crippen LogP contribution in [0.2, 0.25) is 0 Å². The topological polar surface area (TPSA) is 48.1 Å². The number of halogens is 1. The number of rotatable bonds is 3. The zero-order chi connectivity index (χ0) is 13.1. The third-order valence-corrected chi connectivity index (χ3v) is 2.55. The molecule has 2 N–H and O–H groups in total. The average molecular weight is 262 g/mol. The Kier molecular flexibility index (Phi) is 3.53. The fourth-order valence-electron chi connectivity index (χ4n) is 1.37. The van der Waals surface area contributed by atoms with E-state index in [1.165, 1.54) is 6.07 Å². The van der Waals surface area contributed by atoms with Crippen LogP contribution in [0.3, 0.4) is 0 Å². The van der Waals surface area contributed by atoms with Gasteiger partial charge in [0.05, 0.1) is 0 Å². The zero-order valence-electron chi connectivity index (χ0n) is 9.68. The summed E-state index contributed by atoms with van der Waals surface area (Å²) in [4.78, 5) is 4.30. The summed E-state index contributed by atoms with van der Waals surface area (Å²) < 4.78 is 18.8. The number of aryl methyl sites for hydroxylation is 1. The maximum absolute atomic E-state index is 13.3. The number of hydrogen-bond donors (Lipinski definition) is 1. The van der Waals surface area contributed by atoms with Crippen LogP contribution in [0.25, 0.3) is 0 Å². The summed E-state index contributed by atoms with van der Waals surface area (Å²) in [6, 6.07) is 9.69. The Bertz CT molecular complexity index is 601. The van der Waals surface area contributed by atoms with Crippen molar-refractivity contribution in [3.05, 3.63) is 53.5 Å². The summed E-state index contributed by atoms with van der Waals surface area (Å²) in [6.45, 7) is 1.69. The van der Waals surface area contributed by atoms with Gasteiger partial charge in [-0.2, -0.15) is 0 Å². The minimum atomic E-state index is -0.321. The molecule has 1 aromatic carbocycles. The van der Waals surface area contributed by atoms with E-state index in [1.807, 2.05) is 0 Å². The molecule has 0 atom stereocenters. The monoisotopic (exact) mass is 262 g/mol. The third-order valence-electron chi connectivity index (χ3n) is 2.34. The maximum Gasteiger partial charge on any atom is 0.219 e. The molecule has 0 spiro atoms. The van der Waals surface area contributed by atoms with Crippen molar-refractivity contribution in [2.24, 2.45) is 5.73 Å². The highest BCUT2D eigenvalue weighted by Gasteiger charge is 2.04. The summed E-state index contributed by atoms with van der Waals surface area (Å²) in [5, 5.41) is 0. The fourth-order valence-corrected chi connectivity index (χ4v) is 1.48.